The summed E-state index contributed by atoms with van der Waals surface area (Å²) in [6.07, 6.45) is 49.0. The van der Waals surface area contributed by atoms with E-state index in [1.807, 2.05) is 0 Å². The van der Waals surface area contributed by atoms with Gasteiger partial charge in [0.2, 0.25) is 0 Å². The topological polar surface area (TPSA) is 237 Å². The molecule has 0 aliphatic heterocycles. The standard InChI is InChI=1S/C71H138O17P2/c1-7-9-11-13-14-15-24-32-37-43-49-55-70(75)87-66(59-81-68(73)53-47-39-12-10-8-2)61-85-89(77,78)83-57-65(72)58-84-90(79,80)86-62-67(60-82-69(74)54-48-42-36-31-28-27-30-35-41-46-52-64(5)6)88-71(76)56-50-44-38-33-26-23-21-19-17-16-18-20-22-25-29-34-40-45-51-63(3)4/h63-67,72H,7-62H2,1-6H3,(H,77,78)(H,79,80)/t65-,66+,67+/m0/s1. The van der Waals surface area contributed by atoms with E-state index in [1.165, 1.54) is 173 Å². The van der Waals surface area contributed by atoms with Gasteiger partial charge < -0.3 is 33.8 Å². The van der Waals surface area contributed by atoms with Gasteiger partial charge in [0.25, 0.3) is 0 Å². The maximum absolute atomic E-state index is 13.0. The second kappa shape index (κ2) is 63.1. The molecule has 0 saturated heterocycles. The molecule has 0 radical (unpaired) electrons. The summed E-state index contributed by atoms with van der Waals surface area (Å²) in [5, 5.41) is 10.6. The predicted molar refractivity (Wildman–Crippen MR) is 363 cm³/mol. The normalized spacial score (nSPS) is 14.1. The maximum Gasteiger partial charge on any atom is 0.472 e. The van der Waals surface area contributed by atoms with Crippen molar-refractivity contribution < 1.29 is 80.2 Å². The Hall–Kier alpha value is -1.94. The van der Waals surface area contributed by atoms with E-state index in [0.29, 0.717) is 25.7 Å². The molecule has 0 fully saturated rings. The number of aliphatic hydroxyl groups excluding tert-OH is 1. The summed E-state index contributed by atoms with van der Waals surface area (Å²) >= 11 is 0. The maximum atomic E-state index is 13.0. The summed E-state index contributed by atoms with van der Waals surface area (Å²) in [4.78, 5) is 72.3. The van der Waals surface area contributed by atoms with Crippen LogP contribution in [0.3, 0.4) is 0 Å². The molecular weight excluding hydrogens is 1190 g/mol. The second-order valence-corrected chi connectivity index (χ2v) is 29.5. The van der Waals surface area contributed by atoms with Gasteiger partial charge in [0, 0.05) is 25.7 Å². The van der Waals surface area contributed by atoms with E-state index in [1.54, 1.807) is 0 Å². The first-order valence-electron chi connectivity index (χ1n) is 37.0. The van der Waals surface area contributed by atoms with Crippen LogP contribution in [0.25, 0.3) is 0 Å². The molecule has 3 N–H and O–H groups in total. The first kappa shape index (κ1) is 88.1. The van der Waals surface area contributed by atoms with Crippen LogP contribution in [0, 0.1) is 11.8 Å². The van der Waals surface area contributed by atoms with Crippen LogP contribution < -0.4 is 0 Å². The lowest BCUT2D eigenvalue weighted by Gasteiger charge is -2.21. The number of hydrogen-bond acceptors (Lipinski definition) is 15. The second-order valence-electron chi connectivity index (χ2n) is 26.6. The number of phosphoric acid groups is 2. The number of esters is 4. The van der Waals surface area contributed by atoms with E-state index in [0.717, 1.165) is 108 Å². The first-order chi connectivity index (χ1) is 43.4. The monoisotopic (exact) mass is 1320 g/mol. The number of rotatable bonds is 70. The molecule has 0 bridgehead atoms. The molecule has 0 spiro atoms. The molecule has 17 nitrogen and oxygen atoms in total. The van der Waals surface area contributed by atoms with E-state index in [-0.39, 0.29) is 25.7 Å². The molecule has 0 aromatic rings. The molecule has 0 aromatic carbocycles. The van der Waals surface area contributed by atoms with Gasteiger partial charge in [-0.05, 0) is 37.5 Å². The lowest BCUT2D eigenvalue weighted by Crippen LogP contribution is -2.30. The highest BCUT2D eigenvalue weighted by Crippen LogP contribution is 2.45. The molecule has 0 aliphatic carbocycles. The van der Waals surface area contributed by atoms with Crippen LogP contribution in [0.2, 0.25) is 0 Å². The summed E-state index contributed by atoms with van der Waals surface area (Å²) in [5.74, 6) is -0.555. The van der Waals surface area contributed by atoms with Gasteiger partial charge in [-0.2, -0.15) is 0 Å². The fourth-order valence-electron chi connectivity index (χ4n) is 10.8. The minimum Gasteiger partial charge on any atom is -0.462 e. The van der Waals surface area contributed by atoms with Gasteiger partial charge >= 0.3 is 39.5 Å². The molecule has 0 saturated carbocycles. The number of aliphatic hydroxyl groups is 1. The summed E-state index contributed by atoms with van der Waals surface area (Å²) in [7, 11) is -9.89. The highest BCUT2D eigenvalue weighted by molar-refractivity contribution is 7.47. The molecule has 19 heteroatoms. The Morgan fingerprint density at radius 1 is 0.300 bits per heavy atom. The van der Waals surface area contributed by atoms with Crippen molar-refractivity contribution in [1.29, 1.82) is 0 Å². The molecule has 0 rings (SSSR count). The zero-order valence-electron chi connectivity index (χ0n) is 58.4. The SMILES string of the molecule is CCCCCCCCCCCCCC(=O)O[C@H](COC(=O)CCCCCCC)COP(=O)(O)OC[C@H](O)COP(=O)(O)OC[C@@H](COC(=O)CCCCCCCCCCCCC(C)C)OC(=O)CCCCCCCCCCCCCCCCCCCCC(C)C. The average molecular weight is 1330 g/mol. The molecule has 90 heavy (non-hydrogen) atoms. The van der Waals surface area contributed by atoms with Gasteiger partial charge in [-0.1, -0.05) is 311 Å². The lowest BCUT2D eigenvalue weighted by atomic mass is 10.0. The van der Waals surface area contributed by atoms with Crippen LogP contribution >= 0.6 is 15.6 Å². The average Bonchev–Trinajstić information content (AvgIpc) is 2.78. The summed E-state index contributed by atoms with van der Waals surface area (Å²) in [5.41, 5.74) is 0. The highest BCUT2D eigenvalue weighted by Gasteiger charge is 2.30. The fourth-order valence-corrected chi connectivity index (χ4v) is 12.3. The Balaban J connectivity index is 5.11. The van der Waals surface area contributed by atoms with Crippen molar-refractivity contribution in [1.82, 2.24) is 0 Å². The number of ether oxygens (including phenoxy) is 4. The van der Waals surface area contributed by atoms with Crippen molar-refractivity contribution >= 4 is 39.5 Å². The Kier molecular flexibility index (Phi) is 61.8. The number of phosphoric ester groups is 2. The van der Waals surface area contributed by atoms with Crippen molar-refractivity contribution in [3.05, 3.63) is 0 Å². The lowest BCUT2D eigenvalue weighted by molar-refractivity contribution is -0.161. The molecule has 2 unspecified atom stereocenters. The minimum absolute atomic E-state index is 0.106. The Morgan fingerprint density at radius 3 is 0.756 bits per heavy atom. The Labute approximate surface area is 549 Å². The van der Waals surface area contributed by atoms with E-state index >= 15 is 0 Å². The smallest absolute Gasteiger partial charge is 0.462 e. The zero-order chi connectivity index (χ0) is 66.5. The van der Waals surface area contributed by atoms with Crippen LogP contribution in [-0.4, -0.2) is 96.7 Å². The van der Waals surface area contributed by atoms with Gasteiger partial charge in [0.1, 0.15) is 19.3 Å². The van der Waals surface area contributed by atoms with Gasteiger partial charge in [-0.3, -0.25) is 37.3 Å². The molecule has 0 amide bonds. The number of carbonyl (C=O) groups is 4. The molecule has 0 heterocycles. The summed E-state index contributed by atoms with van der Waals surface area (Å²) in [6.45, 7) is 9.49. The number of unbranched alkanes of at least 4 members (excludes halogenated alkanes) is 40. The fraction of sp³-hybridized carbons (Fsp3) is 0.944. The van der Waals surface area contributed by atoms with Crippen molar-refractivity contribution in [3.8, 4) is 0 Å². The van der Waals surface area contributed by atoms with Crippen LogP contribution in [0.15, 0.2) is 0 Å². The summed E-state index contributed by atoms with van der Waals surface area (Å²) < 4.78 is 68.1. The van der Waals surface area contributed by atoms with Gasteiger partial charge in [-0.25, -0.2) is 9.13 Å². The van der Waals surface area contributed by atoms with E-state index in [2.05, 4.69) is 41.5 Å². The quantitative estimate of drug-likeness (QED) is 0.0222. The van der Waals surface area contributed by atoms with E-state index < -0.39 is 97.5 Å². The van der Waals surface area contributed by atoms with Gasteiger partial charge in [0.15, 0.2) is 12.2 Å². The van der Waals surface area contributed by atoms with Crippen LogP contribution in [0.1, 0.15) is 363 Å². The van der Waals surface area contributed by atoms with Crippen molar-refractivity contribution in [2.75, 3.05) is 39.6 Å². The largest absolute Gasteiger partial charge is 0.472 e. The highest BCUT2D eigenvalue weighted by atomic mass is 31.2. The third kappa shape index (κ3) is 64.8. The Morgan fingerprint density at radius 2 is 0.511 bits per heavy atom. The molecule has 5 atom stereocenters. The zero-order valence-corrected chi connectivity index (χ0v) is 60.2. The van der Waals surface area contributed by atoms with Crippen LogP contribution in [0.5, 0.6) is 0 Å². The van der Waals surface area contributed by atoms with Gasteiger partial charge in [0.05, 0.1) is 26.4 Å². The molecule has 534 valence electrons. The third-order valence-electron chi connectivity index (χ3n) is 16.5. The molecule has 0 aromatic heterocycles. The van der Waals surface area contributed by atoms with Crippen molar-refractivity contribution in [2.24, 2.45) is 11.8 Å². The molecule has 0 aliphatic rings. The Bertz CT molecular complexity index is 1750. The molecular formula is C71H138O17P2. The van der Waals surface area contributed by atoms with Gasteiger partial charge in [-0.15, -0.1) is 0 Å². The van der Waals surface area contributed by atoms with Crippen LogP contribution in [-0.2, 0) is 65.4 Å². The third-order valence-corrected chi connectivity index (χ3v) is 18.4. The minimum atomic E-state index is -4.95. The first-order valence-corrected chi connectivity index (χ1v) is 40.0. The predicted octanol–water partition coefficient (Wildman–Crippen LogP) is 20.4. The van der Waals surface area contributed by atoms with Crippen LogP contribution in [0.4, 0.5) is 0 Å². The number of hydrogen-bond donors (Lipinski definition) is 3. The van der Waals surface area contributed by atoms with Crippen molar-refractivity contribution in [3.63, 3.8) is 0 Å². The number of carbonyl (C=O) groups excluding carboxylic acids is 4. The summed E-state index contributed by atoms with van der Waals surface area (Å²) in [6, 6.07) is 0. The van der Waals surface area contributed by atoms with Crippen molar-refractivity contribution in [2.45, 2.75) is 381 Å². The van der Waals surface area contributed by atoms with E-state index in [4.69, 9.17) is 37.0 Å². The van der Waals surface area contributed by atoms with E-state index in [9.17, 15) is 43.2 Å².